The van der Waals surface area contributed by atoms with Crippen LogP contribution in [0.5, 0.6) is 0 Å². The van der Waals surface area contributed by atoms with Gasteiger partial charge in [-0.15, -0.1) is 0 Å². The van der Waals surface area contributed by atoms with Crippen LogP contribution in [0.3, 0.4) is 0 Å². The lowest BCUT2D eigenvalue weighted by Crippen LogP contribution is -2.20. The summed E-state index contributed by atoms with van der Waals surface area (Å²) in [7, 11) is 0. The molecule has 1 heterocycles. The van der Waals surface area contributed by atoms with Crippen molar-refractivity contribution in [3.63, 3.8) is 0 Å². The number of benzene rings is 1. The van der Waals surface area contributed by atoms with E-state index in [1.165, 1.54) is 6.07 Å². The average molecular weight is 236 g/mol. The Kier molecular flexibility index (Phi) is 2.65. The molecule has 0 aliphatic carbocycles. The first-order chi connectivity index (χ1) is 7.90. The van der Waals surface area contributed by atoms with Crippen molar-refractivity contribution in [1.29, 1.82) is 0 Å². The second kappa shape index (κ2) is 3.87. The predicted octanol–water partition coefficient (Wildman–Crippen LogP) is 3.32. The van der Waals surface area contributed by atoms with Gasteiger partial charge in [0.1, 0.15) is 5.76 Å². The first kappa shape index (κ1) is 11.6. The van der Waals surface area contributed by atoms with Crippen molar-refractivity contribution in [2.75, 3.05) is 0 Å². The van der Waals surface area contributed by atoms with Gasteiger partial charge in [-0.25, -0.2) is 4.39 Å². The monoisotopic (exact) mass is 236 g/mol. The highest BCUT2D eigenvalue weighted by atomic mass is 19.1. The van der Waals surface area contributed by atoms with Gasteiger partial charge in [0.15, 0.2) is 11.4 Å². The highest BCUT2D eigenvalue weighted by Crippen LogP contribution is 2.32. The van der Waals surface area contributed by atoms with Crippen molar-refractivity contribution in [1.82, 2.24) is 0 Å². The Morgan fingerprint density at radius 3 is 2.76 bits per heavy atom. The zero-order chi connectivity index (χ0) is 12.6. The fourth-order valence-electron chi connectivity index (χ4n) is 1.83. The normalized spacial score (nSPS) is 11.9. The molecule has 0 aliphatic heterocycles. The van der Waals surface area contributed by atoms with E-state index in [0.29, 0.717) is 11.1 Å². The van der Waals surface area contributed by atoms with Gasteiger partial charge in [0.2, 0.25) is 0 Å². The molecule has 17 heavy (non-hydrogen) atoms. The number of hydrogen-bond donors (Lipinski definition) is 1. The van der Waals surface area contributed by atoms with Crippen LogP contribution in [0, 0.1) is 5.82 Å². The molecule has 0 saturated carbocycles. The second-order valence-corrected chi connectivity index (χ2v) is 4.72. The van der Waals surface area contributed by atoms with Crippen molar-refractivity contribution in [3.05, 3.63) is 35.8 Å². The minimum absolute atomic E-state index is 0.0611. The fourth-order valence-corrected chi connectivity index (χ4v) is 1.83. The summed E-state index contributed by atoms with van der Waals surface area (Å²) in [5, 5.41) is 9.48. The third-order valence-electron chi connectivity index (χ3n) is 2.76. The fraction of sp³-hybridized carbons (Fsp3) is 0.308. The van der Waals surface area contributed by atoms with E-state index in [2.05, 4.69) is 0 Å². The highest BCUT2D eigenvalue weighted by molar-refractivity contribution is 5.79. The zero-order valence-electron chi connectivity index (χ0n) is 9.66. The number of rotatable bonds is 3. The zero-order valence-corrected chi connectivity index (χ0v) is 9.66. The smallest absolute Gasteiger partial charge is 0.304 e. The van der Waals surface area contributed by atoms with Gasteiger partial charge in [-0.3, -0.25) is 4.79 Å². The minimum Gasteiger partial charge on any atom is -0.481 e. The summed E-state index contributed by atoms with van der Waals surface area (Å²) in [5.41, 5.74) is -0.474. The van der Waals surface area contributed by atoms with Crippen molar-refractivity contribution < 1.29 is 18.7 Å². The topological polar surface area (TPSA) is 50.4 Å². The standard InChI is InChI=1S/C13H13FO3/c1-13(2,7-11(15)16)10-6-8-4-3-5-9(14)12(8)17-10/h3-6H,7H2,1-2H3,(H,15,16). The van der Waals surface area contributed by atoms with Crippen LogP contribution in [0.4, 0.5) is 4.39 Å². The maximum atomic E-state index is 13.4. The van der Waals surface area contributed by atoms with Crippen LogP contribution in [-0.4, -0.2) is 11.1 Å². The summed E-state index contributed by atoms with van der Waals surface area (Å²) in [6, 6.07) is 6.35. The largest absolute Gasteiger partial charge is 0.481 e. The summed E-state index contributed by atoms with van der Waals surface area (Å²) < 4.78 is 18.9. The molecule has 0 bridgehead atoms. The van der Waals surface area contributed by atoms with Crippen LogP contribution >= 0.6 is 0 Å². The van der Waals surface area contributed by atoms with Gasteiger partial charge in [0, 0.05) is 10.8 Å². The molecule has 0 spiro atoms. The number of para-hydroxylation sites is 1. The molecule has 2 aromatic rings. The third-order valence-corrected chi connectivity index (χ3v) is 2.76. The average Bonchev–Trinajstić information content (AvgIpc) is 2.61. The van der Waals surface area contributed by atoms with Gasteiger partial charge in [0.25, 0.3) is 0 Å². The molecular weight excluding hydrogens is 223 g/mol. The van der Waals surface area contributed by atoms with Crippen LogP contribution in [0.15, 0.2) is 28.7 Å². The number of hydrogen-bond acceptors (Lipinski definition) is 2. The number of carboxylic acid groups (broad SMARTS) is 1. The molecule has 1 aromatic heterocycles. The Hall–Kier alpha value is -1.84. The molecule has 3 nitrogen and oxygen atoms in total. The number of fused-ring (bicyclic) bond motifs is 1. The molecule has 0 aliphatic rings. The van der Waals surface area contributed by atoms with E-state index in [1.807, 2.05) is 0 Å². The van der Waals surface area contributed by atoms with Gasteiger partial charge < -0.3 is 9.52 Å². The molecule has 0 unspecified atom stereocenters. The quantitative estimate of drug-likeness (QED) is 0.889. The number of furan rings is 1. The Morgan fingerprint density at radius 2 is 2.18 bits per heavy atom. The van der Waals surface area contributed by atoms with Gasteiger partial charge >= 0.3 is 5.97 Å². The van der Waals surface area contributed by atoms with Crippen molar-refractivity contribution in [2.45, 2.75) is 25.7 Å². The molecule has 0 atom stereocenters. The van der Waals surface area contributed by atoms with E-state index in [9.17, 15) is 9.18 Å². The Labute approximate surface area is 97.9 Å². The van der Waals surface area contributed by atoms with Gasteiger partial charge in [-0.2, -0.15) is 0 Å². The predicted molar refractivity (Wildman–Crippen MR) is 61.5 cm³/mol. The molecule has 4 heteroatoms. The van der Waals surface area contributed by atoms with Crippen molar-refractivity contribution in [2.24, 2.45) is 0 Å². The Balaban J connectivity index is 2.49. The molecule has 0 fully saturated rings. The summed E-state index contributed by atoms with van der Waals surface area (Å²) in [6.45, 7) is 3.52. The molecule has 90 valence electrons. The van der Waals surface area contributed by atoms with Crippen molar-refractivity contribution >= 4 is 16.9 Å². The molecule has 0 amide bonds. The number of carboxylic acids is 1. The summed E-state index contributed by atoms with van der Waals surface area (Å²) in [4.78, 5) is 10.8. The maximum Gasteiger partial charge on any atom is 0.304 e. The van der Waals surface area contributed by atoms with Gasteiger partial charge in [-0.05, 0) is 12.1 Å². The van der Waals surface area contributed by atoms with E-state index in [1.54, 1.807) is 32.0 Å². The number of halogens is 1. The third kappa shape index (κ3) is 2.16. The van der Waals surface area contributed by atoms with Crippen LogP contribution in [0.1, 0.15) is 26.0 Å². The Morgan fingerprint density at radius 1 is 1.47 bits per heavy atom. The lowest BCUT2D eigenvalue weighted by atomic mass is 9.86. The van der Waals surface area contributed by atoms with Gasteiger partial charge in [-0.1, -0.05) is 26.0 Å². The van der Waals surface area contributed by atoms with E-state index < -0.39 is 17.2 Å². The Bertz CT molecular complexity index is 569. The first-order valence-corrected chi connectivity index (χ1v) is 5.30. The number of aliphatic carboxylic acids is 1. The molecule has 0 radical (unpaired) electrons. The second-order valence-electron chi connectivity index (χ2n) is 4.72. The van der Waals surface area contributed by atoms with E-state index in [4.69, 9.17) is 9.52 Å². The minimum atomic E-state index is -0.907. The van der Waals surface area contributed by atoms with Crippen molar-refractivity contribution in [3.8, 4) is 0 Å². The van der Waals surface area contributed by atoms with E-state index >= 15 is 0 Å². The van der Waals surface area contributed by atoms with E-state index in [0.717, 1.165) is 0 Å². The highest BCUT2D eigenvalue weighted by Gasteiger charge is 2.28. The number of carbonyl (C=O) groups is 1. The molecular formula is C13H13FO3. The molecule has 1 aromatic carbocycles. The lowest BCUT2D eigenvalue weighted by molar-refractivity contribution is -0.138. The molecule has 0 saturated heterocycles. The summed E-state index contributed by atoms with van der Waals surface area (Å²) >= 11 is 0. The van der Waals surface area contributed by atoms with Crippen LogP contribution < -0.4 is 0 Å². The van der Waals surface area contributed by atoms with Crippen LogP contribution in [0.25, 0.3) is 11.0 Å². The first-order valence-electron chi connectivity index (χ1n) is 5.30. The summed E-state index contributed by atoms with van der Waals surface area (Å²) in [6.07, 6.45) is -0.0611. The SMILES string of the molecule is CC(C)(CC(=O)O)c1cc2cccc(F)c2o1. The van der Waals surface area contributed by atoms with Crippen LogP contribution in [-0.2, 0) is 10.2 Å². The maximum absolute atomic E-state index is 13.4. The van der Waals surface area contributed by atoms with E-state index in [-0.39, 0.29) is 12.0 Å². The summed E-state index contributed by atoms with van der Waals surface area (Å²) in [5.74, 6) is -0.851. The van der Waals surface area contributed by atoms with Crippen LogP contribution in [0.2, 0.25) is 0 Å². The lowest BCUT2D eigenvalue weighted by Gasteiger charge is -2.18. The van der Waals surface area contributed by atoms with Gasteiger partial charge in [0.05, 0.1) is 6.42 Å². The molecule has 1 N–H and O–H groups in total. The molecule has 2 rings (SSSR count).